The summed E-state index contributed by atoms with van der Waals surface area (Å²) in [4.78, 5) is 2.68. The van der Waals surface area contributed by atoms with Crippen LogP contribution in [-0.2, 0) is 10.8 Å². The summed E-state index contributed by atoms with van der Waals surface area (Å²) in [6, 6.07) is 7.48. The van der Waals surface area contributed by atoms with Crippen molar-refractivity contribution in [3.8, 4) is 5.75 Å². The van der Waals surface area contributed by atoms with Gasteiger partial charge in [-0.15, -0.1) is 0 Å². The lowest BCUT2D eigenvalue weighted by atomic mass is 10.2. The zero-order valence-corrected chi connectivity index (χ0v) is 12.3. The fourth-order valence-electron chi connectivity index (χ4n) is 1.91. The van der Waals surface area contributed by atoms with Crippen molar-refractivity contribution in [3.05, 3.63) is 29.8 Å². The number of hydrogen-bond donors (Lipinski definition) is 1. The molecule has 104 valence electrons. The van der Waals surface area contributed by atoms with Crippen LogP contribution in [0.3, 0.4) is 0 Å². The van der Waals surface area contributed by atoms with E-state index in [1.54, 1.807) is 0 Å². The average Bonchev–Trinajstić information content (AvgIpc) is 2.41. The fraction of sp³-hybridized carbons (Fsp3) is 0.462. The zero-order valence-electron chi connectivity index (χ0n) is 10.7. The maximum Gasteiger partial charge on any atom is 0.119 e. The summed E-state index contributed by atoms with van der Waals surface area (Å²) in [5, 5.41) is 0. The molecule has 1 saturated heterocycles. The van der Waals surface area contributed by atoms with Crippen LogP contribution in [0.1, 0.15) is 5.56 Å². The Labute approximate surface area is 121 Å². The topological polar surface area (TPSA) is 55.6 Å². The molecule has 1 aromatic rings. The second-order valence-electron chi connectivity index (χ2n) is 4.43. The Morgan fingerprint density at radius 2 is 1.95 bits per heavy atom. The fourth-order valence-corrected chi connectivity index (χ4v) is 3.17. The lowest BCUT2D eigenvalue weighted by molar-refractivity contribution is 0.221. The van der Waals surface area contributed by atoms with Gasteiger partial charge in [-0.25, -0.2) is 0 Å². The molecule has 1 heterocycles. The van der Waals surface area contributed by atoms with E-state index in [1.807, 2.05) is 24.3 Å². The molecule has 6 heteroatoms. The van der Waals surface area contributed by atoms with Crippen molar-refractivity contribution in [2.24, 2.45) is 5.73 Å². The van der Waals surface area contributed by atoms with Gasteiger partial charge in [0.2, 0.25) is 0 Å². The van der Waals surface area contributed by atoms with Gasteiger partial charge < -0.3 is 10.5 Å². The van der Waals surface area contributed by atoms with E-state index in [-0.39, 0.29) is 0 Å². The van der Waals surface area contributed by atoms with E-state index in [4.69, 9.17) is 22.7 Å². The van der Waals surface area contributed by atoms with E-state index >= 15 is 0 Å². The molecule has 2 rings (SSSR count). The monoisotopic (exact) mass is 298 g/mol. The second kappa shape index (κ2) is 6.98. The Morgan fingerprint density at radius 3 is 2.53 bits per heavy atom. The van der Waals surface area contributed by atoms with Gasteiger partial charge in [-0.05, 0) is 24.3 Å². The molecule has 1 fully saturated rings. The Hall–Kier alpha value is -0.980. The van der Waals surface area contributed by atoms with E-state index in [0.717, 1.165) is 42.5 Å². The third-order valence-corrected chi connectivity index (χ3v) is 4.60. The van der Waals surface area contributed by atoms with Crippen LogP contribution in [0.2, 0.25) is 0 Å². The Balaban J connectivity index is 1.73. The van der Waals surface area contributed by atoms with Crippen LogP contribution < -0.4 is 10.5 Å². The van der Waals surface area contributed by atoms with Gasteiger partial charge in [0.1, 0.15) is 17.3 Å². The molecule has 0 aliphatic carbocycles. The molecule has 0 bridgehead atoms. The van der Waals surface area contributed by atoms with Crippen LogP contribution in [-0.4, -0.2) is 51.8 Å². The highest BCUT2D eigenvalue weighted by Crippen LogP contribution is 2.12. The minimum absolute atomic E-state index is 0.396. The van der Waals surface area contributed by atoms with E-state index in [0.29, 0.717) is 11.6 Å². The van der Waals surface area contributed by atoms with Gasteiger partial charge in [-0.3, -0.25) is 9.11 Å². The molecule has 1 aliphatic heterocycles. The van der Waals surface area contributed by atoms with E-state index in [1.165, 1.54) is 0 Å². The molecule has 0 atom stereocenters. The molecule has 4 nitrogen and oxygen atoms in total. The van der Waals surface area contributed by atoms with Crippen molar-refractivity contribution in [1.29, 1.82) is 0 Å². The van der Waals surface area contributed by atoms with Crippen LogP contribution in [0.4, 0.5) is 0 Å². The van der Waals surface area contributed by atoms with Crippen LogP contribution in [0.25, 0.3) is 0 Å². The van der Waals surface area contributed by atoms with Gasteiger partial charge >= 0.3 is 0 Å². The normalized spacial score (nSPS) is 17.3. The van der Waals surface area contributed by atoms with Crippen LogP contribution in [0.15, 0.2) is 24.3 Å². The molecule has 19 heavy (non-hydrogen) atoms. The van der Waals surface area contributed by atoms with E-state index in [2.05, 4.69) is 4.90 Å². The first kappa shape index (κ1) is 14.4. The SMILES string of the molecule is NC(=S)c1ccc(OCCN2CCS(=O)CC2)cc1. The molecule has 0 unspecified atom stereocenters. The summed E-state index contributed by atoms with van der Waals surface area (Å²) >= 11 is 4.89. The summed E-state index contributed by atoms with van der Waals surface area (Å²) in [7, 11) is -0.616. The number of nitrogens with two attached hydrogens (primary N) is 1. The molecule has 2 N–H and O–H groups in total. The molecule has 0 saturated carbocycles. The first-order valence-electron chi connectivity index (χ1n) is 6.25. The van der Waals surface area contributed by atoms with E-state index < -0.39 is 10.8 Å². The molecule has 0 aromatic heterocycles. The Kier molecular flexibility index (Phi) is 5.30. The lowest BCUT2D eigenvalue weighted by Gasteiger charge is -2.25. The predicted octanol–water partition coefficient (Wildman–Crippen LogP) is 0.764. The van der Waals surface area contributed by atoms with Crippen molar-refractivity contribution in [1.82, 2.24) is 4.90 Å². The third-order valence-electron chi connectivity index (χ3n) is 3.09. The first-order chi connectivity index (χ1) is 9.15. The number of hydrogen-bond acceptors (Lipinski definition) is 4. The highest BCUT2D eigenvalue weighted by Gasteiger charge is 2.14. The summed E-state index contributed by atoms with van der Waals surface area (Å²) in [6.45, 7) is 3.31. The Morgan fingerprint density at radius 1 is 1.32 bits per heavy atom. The van der Waals surface area contributed by atoms with Crippen molar-refractivity contribution < 1.29 is 8.95 Å². The molecule has 0 amide bonds. The number of benzene rings is 1. The number of rotatable bonds is 5. The summed E-state index contributed by atoms with van der Waals surface area (Å²) in [5.41, 5.74) is 6.38. The van der Waals surface area contributed by atoms with Gasteiger partial charge in [-0.1, -0.05) is 12.2 Å². The molecule has 1 aliphatic rings. The largest absolute Gasteiger partial charge is 0.492 e. The predicted molar refractivity (Wildman–Crippen MR) is 82.1 cm³/mol. The summed E-state index contributed by atoms with van der Waals surface area (Å²) < 4.78 is 16.9. The highest BCUT2D eigenvalue weighted by molar-refractivity contribution is 7.85. The summed E-state index contributed by atoms with van der Waals surface area (Å²) in [5.74, 6) is 2.38. The van der Waals surface area contributed by atoms with Gasteiger partial charge in [0.15, 0.2) is 0 Å². The third kappa shape index (κ3) is 4.56. The highest BCUT2D eigenvalue weighted by atomic mass is 32.2. The van der Waals surface area contributed by atoms with Crippen molar-refractivity contribution in [3.63, 3.8) is 0 Å². The molecular weight excluding hydrogens is 280 g/mol. The smallest absolute Gasteiger partial charge is 0.119 e. The van der Waals surface area contributed by atoms with Crippen molar-refractivity contribution in [2.45, 2.75) is 0 Å². The standard InChI is InChI=1S/C13H18N2O2S2/c14-13(18)11-1-3-12(4-2-11)17-8-5-15-6-9-19(16)10-7-15/h1-4H,5-10H2,(H2,14,18). The second-order valence-corrected chi connectivity index (χ2v) is 6.56. The minimum Gasteiger partial charge on any atom is -0.492 e. The van der Waals surface area contributed by atoms with Gasteiger partial charge in [0.05, 0.1) is 0 Å². The number of nitrogens with zero attached hydrogens (tertiary/aromatic N) is 1. The number of ether oxygens (including phenoxy) is 1. The van der Waals surface area contributed by atoms with Crippen molar-refractivity contribution >= 4 is 28.0 Å². The first-order valence-corrected chi connectivity index (χ1v) is 8.15. The maximum absolute atomic E-state index is 11.2. The Bertz CT molecular complexity index is 452. The average molecular weight is 298 g/mol. The minimum atomic E-state index is -0.616. The molecule has 0 radical (unpaired) electrons. The van der Waals surface area contributed by atoms with E-state index in [9.17, 15) is 4.21 Å². The van der Waals surface area contributed by atoms with Crippen LogP contribution >= 0.6 is 12.2 Å². The molecule has 1 aromatic carbocycles. The summed E-state index contributed by atoms with van der Waals surface area (Å²) in [6.07, 6.45) is 0. The van der Waals surface area contributed by atoms with Crippen LogP contribution in [0.5, 0.6) is 5.75 Å². The van der Waals surface area contributed by atoms with Gasteiger partial charge in [0, 0.05) is 47.5 Å². The maximum atomic E-state index is 11.2. The molecular formula is C13H18N2O2S2. The van der Waals surface area contributed by atoms with Crippen LogP contribution in [0, 0.1) is 0 Å². The lowest BCUT2D eigenvalue weighted by Crippen LogP contribution is -2.39. The molecule has 0 spiro atoms. The zero-order chi connectivity index (χ0) is 13.7. The quantitative estimate of drug-likeness (QED) is 0.814. The van der Waals surface area contributed by atoms with Gasteiger partial charge in [-0.2, -0.15) is 0 Å². The van der Waals surface area contributed by atoms with Crippen molar-refractivity contribution in [2.75, 3.05) is 37.7 Å². The number of thiocarbonyl (C=S) groups is 1. The van der Waals surface area contributed by atoms with Gasteiger partial charge in [0.25, 0.3) is 0 Å².